The van der Waals surface area contributed by atoms with Crippen molar-refractivity contribution in [1.29, 1.82) is 0 Å². The third-order valence-electron chi connectivity index (χ3n) is 5.07. The largest absolute Gasteiger partial charge is 0.325 e. The number of carbonyl (C=O) groups excluding carboxylic acids is 2. The van der Waals surface area contributed by atoms with Crippen LogP contribution in [0, 0.1) is 13.8 Å². The molecular weight excluding hydrogens is 450 g/mol. The predicted molar refractivity (Wildman–Crippen MR) is 132 cm³/mol. The average Bonchev–Trinajstić information content (AvgIpc) is 3.50. The zero-order valence-corrected chi connectivity index (χ0v) is 19.9. The minimum absolute atomic E-state index is 0.142. The van der Waals surface area contributed by atoms with Crippen LogP contribution in [0.15, 0.2) is 72.7 Å². The number of hydrogen-bond donors (Lipinski definition) is 2. The molecule has 34 heavy (non-hydrogen) atoms. The number of carbonyl (C=O) groups is 2. The van der Waals surface area contributed by atoms with Crippen LogP contribution in [0.1, 0.15) is 24.1 Å². The lowest BCUT2D eigenvalue weighted by Crippen LogP contribution is -2.24. The Morgan fingerprint density at radius 3 is 2.35 bits per heavy atom. The van der Waals surface area contributed by atoms with Crippen LogP contribution in [0.3, 0.4) is 0 Å². The third-order valence-corrected chi connectivity index (χ3v) is 6.04. The topological polar surface area (TPSA) is 107 Å². The van der Waals surface area contributed by atoms with Crippen LogP contribution < -0.4 is 10.6 Å². The Kier molecular flexibility index (Phi) is 7.07. The van der Waals surface area contributed by atoms with E-state index in [1.54, 1.807) is 37.4 Å². The van der Waals surface area contributed by atoms with Crippen molar-refractivity contribution < 1.29 is 9.59 Å². The Hall–Kier alpha value is -3.92. The van der Waals surface area contributed by atoms with Gasteiger partial charge in [0.05, 0.1) is 5.75 Å². The number of aryl methyl sites for hydroxylation is 2. The number of thioether (sulfide) groups is 1. The van der Waals surface area contributed by atoms with E-state index in [9.17, 15) is 9.59 Å². The van der Waals surface area contributed by atoms with Crippen molar-refractivity contribution in [2.45, 2.75) is 32.0 Å². The summed E-state index contributed by atoms with van der Waals surface area (Å²) in [5.74, 6) is -0.134. The van der Waals surface area contributed by atoms with Crippen molar-refractivity contribution in [2.24, 2.45) is 0 Å². The SMILES string of the molecule is Cc1cc(C)cc(-n2ccnc2SCC(=O)Nc2ccc(NC(=O)C(C)n3cncn3)cc2)c1. The van der Waals surface area contributed by atoms with Gasteiger partial charge in [0.1, 0.15) is 18.7 Å². The molecule has 174 valence electrons. The van der Waals surface area contributed by atoms with Crippen LogP contribution in [0.4, 0.5) is 11.4 Å². The number of aromatic nitrogens is 5. The zero-order valence-electron chi connectivity index (χ0n) is 19.1. The summed E-state index contributed by atoms with van der Waals surface area (Å²) < 4.78 is 3.46. The molecule has 0 aliphatic rings. The molecule has 2 N–H and O–H groups in total. The number of benzene rings is 2. The van der Waals surface area contributed by atoms with Crippen molar-refractivity contribution in [3.8, 4) is 5.69 Å². The molecular formula is C24H25N7O2S. The van der Waals surface area contributed by atoms with Gasteiger partial charge in [-0.3, -0.25) is 14.2 Å². The fraction of sp³-hybridized carbons (Fsp3) is 0.208. The first-order valence-corrected chi connectivity index (χ1v) is 11.7. The summed E-state index contributed by atoms with van der Waals surface area (Å²) >= 11 is 1.37. The number of hydrogen-bond acceptors (Lipinski definition) is 6. The number of imidazole rings is 1. The highest BCUT2D eigenvalue weighted by molar-refractivity contribution is 7.99. The molecule has 0 bridgehead atoms. The lowest BCUT2D eigenvalue weighted by Gasteiger charge is -2.12. The van der Waals surface area contributed by atoms with Gasteiger partial charge in [-0.1, -0.05) is 17.8 Å². The predicted octanol–water partition coefficient (Wildman–Crippen LogP) is 4.01. The maximum absolute atomic E-state index is 12.5. The van der Waals surface area contributed by atoms with E-state index in [0.717, 1.165) is 10.8 Å². The van der Waals surface area contributed by atoms with E-state index >= 15 is 0 Å². The molecule has 2 amide bonds. The van der Waals surface area contributed by atoms with Gasteiger partial charge in [0.15, 0.2) is 5.16 Å². The van der Waals surface area contributed by atoms with Crippen molar-refractivity contribution in [2.75, 3.05) is 16.4 Å². The van der Waals surface area contributed by atoms with E-state index in [-0.39, 0.29) is 17.6 Å². The zero-order chi connectivity index (χ0) is 24.1. The second-order valence-electron chi connectivity index (χ2n) is 7.88. The molecule has 1 atom stereocenters. The molecule has 10 heteroatoms. The van der Waals surface area contributed by atoms with E-state index in [2.05, 4.69) is 57.7 Å². The Balaban J connectivity index is 1.31. The smallest absolute Gasteiger partial charge is 0.249 e. The highest BCUT2D eigenvalue weighted by Gasteiger charge is 2.15. The molecule has 0 aliphatic heterocycles. The number of anilines is 2. The molecule has 4 aromatic rings. The molecule has 4 rings (SSSR count). The average molecular weight is 476 g/mol. The number of nitrogens with zero attached hydrogens (tertiary/aromatic N) is 5. The van der Waals surface area contributed by atoms with Crippen LogP contribution in [-0.2, 0) is 9.59 Å². The van der Waals surface area contributed by atoms with Crippen molar-refractivity contribution in [1.82, 2.24) is 24.3 Å². The number of nitrogens with one attached hydrogen (secondary N) is 2. The molecule has 2 heterocycles. The molecule has 1 unspecified atom stereocenters. The number of amides is 2. The van der Waals surface area contributed by atoms with E-state index in [0.29, 0.717) is 11.4 Å². The summed E-state index contributed by atoms with van der Waals surface area (Å²) in [5, 5.41) is 10.4. The van der Waals surface area contributed by atoms with Gasteiger partial charge in [-0.15, -0.1) is 0 Å². The van der Waals surface area contributed by atoms with Gasteiger partial charge in [-0.05, 0) is 68.3 Å². The minimum atomic E-state index is -0.491. The highest BCUT2D eigenvalue weighted by atomic mass is 32.2. The minimum Gasteiger partial charge on any atom is -0.325 e. The summed E-state index contributed by atoms with van der Waals surface area (Å²) in [6.45, 7) is 5.85. The first kappa shape index (κ1) is 23.2. The highest BCUT2D eigenvalue weighted by Crippen LogP contribution is 2.23. The lowest BCUT2D eigenvalue weighted by atomic mass is 10.1. The Bertz CT molecular complexity index is 1260. The standard InChI is InChI=1S/C24H25N7O2S/c1-16-10-17(2)12-21(11-16)30-9-8-26-24(30)34-13-22(32)28-19-4-6-20(7-5-19)29-23(33)18(3)31-15-25-14-27-31/h4-12,14-15,18H,13H2,1-3H3,(H,28,32)(H,29,33). The molecule has 0 spiro atoms. The summed E-state index contributed by atoms with van der Waals surface area (Å²) in [4.78, 5) is 33.1. The first-order chi connectivity index (χ1) is 16.4. The molecule has 2 aromatic heterocycles. The third kappa shape index (κ3) is 5.70. The second-order valence-corrected chi connectivity index (χ2v) is 8.82. The molecule has 0 saturated carbocycles. The van der Waals surface area contributed by atoms with E-state index in [4.69, 9.17) is 0 Å². The van der Waals surface area contributed by atoms with Crippen LogP contribution in [0.25, 0.3) is 5.69 Å². The van der Waals surface area contributed by atoms with Crippen LogP contribution >= 0.6 is 11.8 Å². The number of rotatable bonds is 8. The molecule has 0 fully saturated rings. The fourth-order valence-corrected chi connectivity index (χ4v) is 4.20. The van der Waals surface area contributed by atoms with Gasteiger partial charge in [0, 0.05) is 29.5 Å². The molecule has 2 aromatic carbocycles. The van der Waals surface area contributed by atoms with Gasteiger partial charge in [-0.25, -0.2) is 14.6 Å². The monoisotopic (exact) mass is 475 g/mol. The molecule has 9 nitrogen and oxygen atoms in total. The summed E-state index contributed by atoms with van der Waals surface area (Å²) in [5.41, 5.74) is 4.63. The second kappa shape index (κ2) is 10.3. The van der Waals surface area contributed by atoms with Gasteiger partial charge in [-0.2, -0.15) is 5.10 Å². The molecule has 0 aliphatic carbocycles. The Morgan fingerprint density at radius 1 is 1.03 bits per heavy atom. The van der Waals surface area contributed by atoms with E-state index in [1.807, 2.05) is 10.8 Å². The van der Waals surface area contributed by atoms with Gasteiger partial charge < -0.3 is 10.6 Å². The van der Waals surface area contributed by atoms with Gasteiger partial charge in [0.25, 0.3) is 0 Å². The molecule has 0 saturated heterocycles. The summed E-state index contributed by atoms with van der Waals surface area (Å²) in [6.07, 6.45) is 6.51. The van der Waals surface area contributed by atoms with Crippen LogP contribution in [0.2, 0.25) is 0 Å². The maximum atomic E-state index is 12.5. The fourth-order valence-electron chi connectivity index (χ4n) is 3.43. The van der Waals surface area contributed by atoms with Crippen LogP contribution in [-0.4, -0.2) is 41.9 Å². The van der Waals surface area contributed by atoms with Crippen molar-refractivity contribution in [3.63, 3.8) is 0 Å². The quantitative estimate of drug-likeness (QED) is 0.373. The first-order valence-electron chi connectivity index (χ1n) is 10.7. The van der Waals surface area contributed by atoms with Gasteiger partial charge >= 0.3 is 0 Å². The summed E-state index contributed by atoms with van der Waals surface area (Å²) in [6, 6.07) is 12.8. The lowest BCUT2D eigenvalue weighted by molar-refractivity contribution is -0.119. The van der Waals surface area contributed by atoms with E-state index in [1.165, 1.54) is 40.2 Å². The Morgan fingerprint density at radius 2 is 1.71 bits per heavy atom. The van der Waals surface area contributed by atoms with Crippen molar-refractivity contribution in [3.05, 3.63) is 78.6 Å². The normalized spacial score (nSPS) is 11.7. The van der Waals surface area contributed by atoms with Gasteiger partial charge in [0.2, 0.25) is 11.8 Å². The summed E-state index contributed by atoms with van der Waals surface area (Å²) in [7, 11) is 0. The van der Waals surface area contributed by atoms with E-state index < -0.39 is 6.04 Å². The maximum Gasteiger partial charge on any atom is 0.249 e. The Labute approximate surface area is 201 Å². The molecule has 0 radical (unpaired) electrons. The van der Waals surface area contributed by atoms with Crippen molar-refractivity contribution >= 4 is 35.0 Å². The van der Waals surface area contributed by atoms with Crippen LogP contribution in [0.5, 0.6) is 0 Å².